The third-order valence-electron chi connectivity index (χ3n) is 1.62. The van der Waals surface area contributed by atoms with E-state index in [9.17, 15) is 13.6 Å². The SMILES string of the molecule is CNNC(=O)Cc1cc(F)ccc1F. The number of benzene rings is 1. The van der Waals surface area contributed by atoms with Crippen molar-refractivity contribution in [2.75, 3.05) is 7.05 Å². The molecule has 2 N–H and O–H groups in total. The van der Waals surface area contributed by atoms with Crippen molar-refractivity contribution in [2.24, 2.45) is 0 Å². The minimum absolute atomic E-state index is 0.0396. The van der Waals surface area contributed by atoms with Crippen LogP contribution in [-0.4, -0.2) is 13.0 Å². The second kappa shape index (κ2) is 4.66. The van der Waals surface area contributed by atoms with Crippen molar-refractivity contribution in [3.8, 4) is 0 Å². The monoisotopic (exact) mass is 200 g/mol. The van der Waals surface area contributed by atoms with Gasteiger partial charge in [0.1, 0.15) is 11.6 Å². The lowest BCUT2D eigenvalue weighted by Gasteiger charge is -2.04. The summed E-state index contributed by atoms with van der Waals surface area (Å²) in [7, 11) is 1.51. The summed E-state index contributed by atoms with van der Waals surface area (Å²) in [5.74, 6) is -1.56. The maximum absolute atomic E-state index is 13.0. The van der Waals surface area contributed by atoms with E-state index in [4.69, 9.17) is 0 Å². The highest BCUT2D eigenvalue weighted by molar-refractivity contribution is 5.78. The number of carbonyl (C=O) groups is 1. The first-order valence-corrected chi connectivity index (χ1v) is 4.03. The van der Waals surface area contributed by atoms with Crippen molar-refractivity contribution >= 4 is 5.91 Å². The molecule has 0 aliphatic rings. The molecule has 1 amide bonds. The smallest absolute Gasteiger partial charge is 0.238 e. The van der Waals surface area contributed by atoms with Gasteiger partial charge in [-0.2, -0.15) is 0 Å². The molecule has 5 heteroatoms. The van der Waals surface area contributed by atoms with Gasteiger partial charge in [0.05, 0.1) is 6.42 Å². The maximum Gasteiger partial charge on any atom is 0.238 e. The number of carbonyl (C=O) groups excluding carboxylic acids is 1. The highest BCUT2D eigenvalue weighted by Crippen LogP contribution is 2.09. The predicted molar refractivity (Wildman–Crippen MR) is 47.3 cm³/mol. The lowest BCUT2D eigenvalue weighted by molar-refractivity contribution is -0.121. The van der Waals surface area contributed by atoms with E-state index in [2.05, 4.69) is 10.9 Å². The molecule has 76 valence electrons. The zero-order valence-corrected chi connectivity index (χ0v) is 7.60. The molecule has 0 saturated carbocycles. The van der Waals surface area contributed by atoms with Gasteiger partial charge in [0, 0.05) is 12.6 Å². The Kier molecular flexibility index (Phi) is 3.53. The van der Waals surface area contributed by atoms with Gasteiger partial charge in [-0.15, -0.1) is 0 Å². The van der Waals surface area contributed by atoms with Crippen LogP contribution in [-0.2, 0) is 11.2 Å². The fourth-order valence-corrected chi connectivity index (χ4v) is 1.04. The number of halogens is 2. The van der Waals surface area contributed by atoms with Gasteiger partial charge in [0.15, 0.2) is 0 Å². The molecule has 3 nitrogen and oxygen atoms in total. The number of hydrogen-bond donors (Lipinski definition) is 2. The fraction of sp³-hybridized carbons (Fsp3) is 0.222. The average molecular weight is 200 g/mol. The van der Waals surface area contributed by atoms with Crippen molar-refractivity contribution < 1.29 is 13.6 Å². The van der Waals surface area contributed by atoms with Crippen LogP contribution in [0.2, 0.25) is 0 Å². The van der Waals surface area contributed by atoms with Crippen LogP contribution in [0.5, 0.6) is 0 Å². The molecule has 0 radical (unpaired) electrons. The minimum Gasteiger partial charge on any atom is -0.292 e. The summed E-state index contributed by atoms with van der Waals surface area (Å²) in [6.07, 6.45) is -0.190. The summed E-state index contributed by atoms with van der Waals surface area (Å²) >= 11 is 0. The third kappa shape index (κ3) is 2.77. The van der Waals surface area contributed by atoms with Gasteiger partial charge in [-0.3, -0.25) is 10.2 Å². The summed E-state index contributed by atoms with van der Waals surface area (Å²) in [5, 5.41) is 0. The molecule has 14 heavy (non-hydrogen) atoms. The van der Waals surface area contributed by atoms with E-state index in [1.165, 1.54) is 7.05 Å². The van der Waals surface area contributed by atoms with Crippen LogP contribution in [0.4, 0.5) is 8.78 Å². The number of amides is 1. The third-order valence-corrected chi connectivity index (χ3v) is 1.62. The first-order chi connectivity index (χ1) is 6.63. The molecule has 0 aromatic heterocycles. The van der Waals surface area contributed by atoms with E-state index in [0.29, 0.717) is 0 Å². The molecule has 1 aromatic rings. The van der Waals surface area contributed by atoms with E-state index < -0.39 is 17.5 Å². The molecule has 1 aromatic carbocycles. The van der Waals surface area contributed by atoms with E-state index in [1.54, 1.807) is 0 Å². The van der Waals surface area contributed by atoms with Gasteiger partial charge < -0.3 is 0 Å². The lowest BCUT2D eigenvalue weighted by atomic mass is 10.1. The molecule has 0 heterocycles. The molecular formula is C9H10F2N2O. The number of nitrogens with one attached hydrogen (secondary N) is 2. The van der Waals surface area contributed by atoms with Gasteiger partial charge in [-0.25, -0.2) is 14.2 Å². The zero-order chi connectivity index (χ0) is 10.6. The first-order valence-electron chi connectivity index (χ1n) is 4.03. The Bertz CT molecular complexity index is 342. The summed E-state index contributed by atoms with van der Waals surface area (Å²) < 4.78 is 25.7. The molecule has 0 fully saturated rings. The van der Waals surface area contributed by atoms with Gasteiger partial charge >= 0.3 is 0 Å². The Hall–Kier alpha value is -1.49. The highest BCUT2D eigenvalue weighted by Gasteiger charge is 2.08. The molecule has 0 atom stereocenters. The van der Waals surface area contributed by atoms with E-state index in [0.717, 1.165) is 18.2 Å². The second-order valence-electron chi connectivity index (χ2n) is 2.71. The van der Waals surface area contributed by atoms with Crippen LogP contribution in [0.1, 0.15) is 5.56 Å². The summed E-state index contributed by atoms with van der Waals surface area (Å²) in [4.78, 5) is 11.0. The van der Waals surface area contributed by atoms with Crippen molar-refractivity contribution in [2.45, 2.75) is 6.42 Å². The quantitative estimate of drug-likeness (QED) is 0.707. The molecule has 1 rings (SSSR count). The molecule has 0 aliphatic heterocycles. The largest absolute Gasteiger partial charge is 0.292 e. The Morgan fingerprint density at radius 1 is 1.43 bits per heavy atom. The standard InChI is InChI=1S/C9H10F2N2O/c1-12-13-9(14)5-6-4-7(10)2-3-8(6)11/h2-4,12H,5H2,1H3,(H,13,14). The van der Waals surface area contributed by atoms with Gasteiger partial charge in [0.25, 0.3) is 0 Å². The van der Waals surface area contributed by atoms with Crippen LogP contribution in [0.3, 0.4) is 0 Å². The summed E-state index contributed by atoms with van der Waals surface area (Å²) in [6.45, 7) is 0. The molecule has 0 unspecified atom stereocenters. The van der Waals surface area contributed by atoms with Gasteiger partial charge in [-0.1, -0.05) is 0 Å². The average Bonchev–Trinajstić information content (AvgIpc) is 2.12. The van der Waals surface area contributed by atoms with E-state index in [1.807, 2.05) is 0 Å². The van der Waals surface area contributed by atoms with Crippen LogP contribution >= 0.6 is 0 Å². The maximum atomic E-state index is 13.0. The van der Waals surface area contributed by atoms with Crippen LogP contribution in [0.25, 0.3) is 0 Å². The van der Waals surface area contributed by atoms with Crippen LogP contribution in [0, 0.1) is 11.6 Å². The van der Waals surface area contributed by atoms with Gasteiger partial charge in [-0.05, 0) is 18.2 Å². The van der Waals surface area contributed by atoms with Crippen LogP contribution in [0.15, 0.2) is 18.2 Å². The predicted octanol–water partition coefficient (Wildman–Crippen LogP) is 0.758. The van der Waals surface area contributed by atoms with E-state index in [-0.39, 0.29) is 12.0 Å². The fourth-order valence-electron chi connectivity index (χ4n) is 1.04. The van der Waals surface area contributed by atoms with Crippen molar-refractivity contribution in [3.63, 3.8) is 0 Å². The summed E-state index contributed by atoms with van der Waals surface area (Å²) in [6, 6.07) is 3.01. The Balaban J connectivity index is 2.75. The second-order valence-corrected chi connectivity index (χ2v) is 2.71. The summed E-state index contributed by atoms with van der Waals surface area (Å²) in [5.41, 5.74) is 4.71. The molecule has 0 spiro atoms. The van der Waals surface area contributed by atoms with Crippen molar-refractivity contribution in [3.05, 3.63) is 35.4 Å². The lowest BCUT2D eigenvalue weighted by Crippen LogP contribution is -2.35. The first kappa shape index (κ1) is 10.6. The minimum atomic E-state index is -0.586. The van der Waals surface area contributed by atoms with Crippen molar-refractivity contribution in [1.82, 2.24) is 10.9 Å². The van der Waals surface area contributed by atoms with Crippen LogP contribution < -0.4 is 10.9 Å². The Morgan fingerprint density at radius 2 is 2.14 bits per heavy atom. The molecular weight excluding hydrogens is 190 g/mol. The number of hydrogen-bond acceptors (Lipinski definition) is 2. The topological polar surface area (TPSA) is 41.1 Å². The number of hydrazine groups is 1. The van der Waals surface area contributed by atoms with E-state index >= 15 is 0 Å². The van der Waals surface area contributed by atoms with Gasteiger partial charge in [0.2, 0.25) is 5.91 Å². The normalized spacial score (nSPS) is 9.93. The zero-order valence-electron chi connectivity index (χ0n) is 7.60. The Morgan fingerprint density at radius 3 is 2.79 bits per heavy atom. The molecule has 0 saturated heterocycles. The Labute approximate surface area is 80.1 Å². The molecule has 0 aliphatic carbocycles. The molecule has 0 bridgehead atoms. The number of rotatable bonds is 3. The van der Waals surface area contributed by atoms with Crippen molar-refractivity contribution in [1.29, 1.82) is 0 Å². The highest BCUT2D eigenvalue weighted by atomic mass is 19.1.